The first-order valence-corrected chi connectivity index (χ1v) is 10.1. The van der Waals surface area contributed by atoms with E-state index in [0.717, 1.165) is 5.56 Å². The number of halogens is 1. The van der Waals surface area contributed by atoms with E-state index < -0.39 is 16.7 Å². The standard InChI is InChI=1S/C24H20ClN3O5/c1-15-3-7-17(8-4-15)26-24(30)22(13-16-5-9-18(10-6-16)28(31)32)27-23(29)20-12-11-19(33-2)14-21(20)25/h3-14H,1-2H3,(H,26,30)(H,27,29)/b22-13+. The van der Waals surface area contributed by atoms with Crippen molar-refractivity contribution in [1.29, 1.82) is 0 Å². The molecule has 0 radical (unpaired) electrons. The molecule has 8 nitrogen and oxygen atoms in total. The average molecular weight is 466 g/mol. The van der Waals surface area contributed by atoms with Crippen molar-refractivity contribution in [2.45, 2.75) is 6.92 Å². The Hall–Kier alpha value is -4.17. The molecule has 33 heavy (non-hydrogen) atoms. The van der Waals surface area contributed by atoms with Gasteiger partial charge in [-0.1, -0.05) is 29.3 Å². The van der Waals surface area contributed by atoms with E-state index in [1.54, 1.807) is 18.2 Å². The summed E-state index contributed by atoms with van der Waals surface area (Å²) in [6.45, 7) is 1.92. The number of benzene rings is 3. The highest BCUT2D eigenvalue weighted by Gasteiger charge is 2.18. The molecule has 0 aliphatic heterocycles. The molecule has 2 amide bonds. The Balaban J connectivity index is 1.91. The molecule has 0 saturated carbocycles. The molecular formula is C24H20ClN3O5. The highest BCUT2D eigenvalue weighted by Crippen LogP contribution is 2.23. The van der Waals surface area contributed by atoms with E-state index in [4.69, 9.17) is 16.3 Å². The van der Waals surface area contributed by atoms with Crippen molar-refractivity contribution in [3.63, 3.8) is 0 Å². The first-order valence-electron chi connectivity index (χ1n) is 9.76. The molecule has 0 aromatic heterocycles. The van der Waals surface area contributed by atoms with Gasteiger partial charge in [-0.15, -0.1) is 0 Å². The maximum Gasteiger partial charge on any atom is 0.272 e. The van der Waals surface area contributed by atoms with Gasteiger partial charge >= 0.3 is 0 Å². The maximum absolute atomic E-state index is 13.0. The van der Waals surface area contributed by atoms with E-state index in [1.165, 1.54) is 49.6 Å². The number of nitrogens with zero attached hydrogens (tertiary/aromatic N) is 1. The largest absolute Gasteiger partial charge is 0.497 e. The Bertz CT molecular complexity index is 1220. The number of carbonyl (C=O) groups excluding carboxylic acids is 2. The molecule has 168 valence electrons. The van der Waals surface area contributed by atoms with Crippen LogP contribution in [-0.2, 0) is 4.79 Å². The van der Waals surface area contributed by atoms with Gasteiger partial charge in [-0.25, -0.2) is 0 Å². The summed E-state index contributed by atoms with van der Waals surface area (Å²) in [5, 5.41) is 16.4. The van der Waals surface area contributed by atoms with Crippen LogP contribution in [0.15, 0.2) is 72.4 Å². The zero-order valence-corrected chi connectivity index (χ0v) is 18.6. The first-order chi connectivity index (χ1) is 15.8. The monoisotopic (exact) mass is 465 g/mol. The summed E-state index contributed by atoms with van der Waals surface area (Å²) in [4.78, 5) is 36.2. The Morgan fingerprint density at radius 2 is 1.70 bits per heavy atom. The van der Waals surface area contributed by atoms with Crippen molar-refractivity contribution < 1.29 is 19.2 Å². The Morgan fingerprint density at radius 1 is 1.03 bits per heavy atom. The SMILES string of the molecule is COc1ccc(C(=O)N/C(=C/c2ccc([N+](=O)[O-])cc2)C(=O)Nc2ccc(C)cc2)c(Cl)c1. The van der Waals surface area contributed by atoms with Crippen molar-refractivity contribution in [2.24, 2.45) is 0 Å². The lowest BCUT2D eigenvalue weighted by molar-refractivity contribution is -0.384. The highest BCUT2D eigenvalue weighted by molar-refractivity contribution is 6.34. The van der Waals surface area contributed by atoms with Gasteiger partial charge in [0, 0.05) is 17.8 Å². The topological polar surface area (TPSA) is 111 Å². The summed E-state index contributed by atoms with van der Waals surface area (Å²) in [6.07, 6.45) is 1.42. The second kappa shape index (κ2) is 10.4. The van der Waals surface area contributed by atoms with Crippen LogP contribution in [0.5, 0.6) is 5.75 Å². The molecular weight excluding hydrogens is 446 g/mol. The van der Waals surface area contributed by atoms with E-state index in [1.807, 2.05) is 19.1 Å². The highest BCUT2D eigenvalue weighted by atomic mass is 35.5. The molecule has 0 bridgehead atoms. The second-order valence-electron chi connectivity index (χ2n) is 7.03. The number of anilines is 1. The number of rotatable bonds is 7. The van der Waals surface area contributed by atoms with E-state index >= 15 is 0 Å². The Morgan fingerprint density at radius 3 is 2.27 bits per heavy atom. The smallest absolute Gasteiger partial charge is 0.272 e. The van der Waals surface area contributed by atoms with Gasteiger partial charge in [0.15, 0.2) is 0 Å². The van der Waals surface area contributed by atoms with Crippen molar-refractivity contribution in [1.82, 2.24) is 5.32 Å². The fourth-order valence-electron chi connectivity index (χ4n) is 2.85. The molecule has 0 spiro atoms. The lowest BCUT2D eigenvalue weighted by Crippen LogP contribution is -2.31. The minimum Gasteiger partial charge on any atom is -0.497 e. The van der Waals surface area contributed by atoms with Crippen LogP contribution in [-0.4, -0.2) is 23.8 Å². The minimum absolute atomic E-state index is 0.0682. The van der Waals surface area contributed by atoms with Gasteiger partial charge in [0.05, 0.1) is 22.6 Å². The minimum atomic E-state index is -0.602. The third-order valence-electron chi connectivity index (χ3n) is 4.64. The molecule has 0 fully saturated rings. The molecule has 0 unspecified atom stereocenters. The lowest BCUT2D eigenvalue weighted by Gasteiger charge is -2.12. The number of aryl methyl sites for hydroxylation is 1. The number of hydrogen-bond acceptors (Lipinski definition) is 5. The Labute approximate surface area is 195 Å². The van der Waals surface area contributed by atoms with Crippen LogP contribution in [0, 0.1) is 17.0 Å². The van der Waals surface area contributed by atoms with Gasteiger partial charge in [-0.3, -0.25) is 19.7 Å². The number of carbonyl (C=O) groups is 2. The molecule has 3 aromatic carbocycles. The number of hydrogen-bond donors (Lipinski definition) is 2. The summed E-state index contributed by atoms with van der Waals surface area (Å²) in [5.41, 5.74) is 2.04. The van der Waals surface area contributed by atoms with Gasteiger partial charge in [0.2, 0.25) is 0 Å². The molecule has 3 rings (SSSR count). The number of nitrogens with one attached hydrogen (secondary N) is 2. The summed E-state index contributed by atoms with van der Waals surface area (Å²) in [5.74, 6) is -0.694. The maximum atomic E-state index is 13.0. The van der Waals surface area contributed by atoms with Gasteiger partial charge in [-0.2, -0.15) is 0 Å². The fraction of sp³-hybridized carbons (Fsp3) is 0.0833. The zero-order chi connectivity index (χ0) is 24.0. The third kappa shape index (κ3) is 6.18. The van der Waals surface area contributed by atoms with E-state index in [2.05, 4.69) is 10.6 Å². The van der Waals surface area contributed by atoms with Crippen LogP contribution in [0.2, 0.25) is 5.02 Å². The van der Waals surface area contributed by atoms with Crippen LogP contribution >= 0.6 is 11.6 Å². The fourth-order valence-corrected chi connectivity index (χ4v) is 3.11. The summed E-state index contributed by atoms with van der Waals surface area (Å²) in [6, 6.07) is 17.3. The molecule has 0 aliphatic carbocycles. The normalized spacial score (nSPS) is 10.9. The number of nitro groups is 1. The molecule has 3 aromatic rings. The molecule has 0 heterocycles. The van der Waals surface area contributed by atoms with Crippen LogP contribution in [0.4, 0.5) is 11.4 Å². The second-order valence-corrected chi connectivity index (χ2v) is 7.43. The van der Waals surface area contributed by atoms with Gasteiger partial charge in [-0.05, 0) is 61.0 Å². The quantitative estimate of drug-likeness (QED) is 0.290. The Kier molecular flexibility index (Phi) is 7.42. The van der Waals surface area contributed by atoms with Crippen LogP contribution in [0.25, 0.3) is 6.08 Å². The van der Waals surface area contributed by atoms with Crippen LogP contribution < -0.4 is 15.4 Å². The van der Waals surface area contributed by atoms with Crippen molar-refractivity contribution in [3.8, 4) is 5.75 Å². The van der Waals surface area contributed by atoms with Gasteiger partial charge in [0.1, 0.15) is 11.4 Å². The van der Waals surface area contributed by atoms with E-state index in [9.17, 15) is 19.7 Å². The predicted octanol–water partition coefficient (Wildman–Crippen LogP) is 4.97. The van der Waals surface area contributed by atoms with Crippen LogP contribution in [0.1, 0.15) is 21.5 Å². The summed E-state index contributed by atoms with van der Waals surface area (Å²) < 4.78 is 5.09. The molecule has 0 aliphatic rings. The molecule has 0 saturated heterocycles. The van der Waals surface area contributed by atoms with E-state index in [-0.39, 0.29) is 22.0 Å². The van der Waals surface area contributed by atoms with Crippen LogP contribution in [0.3, 0.4) is 0 Å². The number of amides is 2. The van der Waals surface area contributed by atoms with Crippen molar-refractivity contribution in [2.75, 3.05) is 12.4 Å². The molecule has 0 atom stereocenters. The summed E-state index contributed by atoms with van der Waals surface area (Å²) in [7, 11) is 1.48. The van der Waals surface area contributed by atoms with Gasteiger partial charge in [0.25, 0.3) is 17.5 Å². The van der Waals surface area contributed by atoms with Crippen molar-refractivity contribution in [3.05, 3.63) is 104 Å². The molecule has 9 heteroatoms. The number of methoxy groups -OCH3 is 1. The molecule has 2 N–H and O–H groups in total. The third-order valence-corrected chi connectivity index (χ3v) is 4.95. The number of ether oxygens (including phenoxy) is 1. The van der Waals surface area contributed by atoms with Crippen molar-refractivity contribution >= 4 is 40.9 Å². The lowest BCUT2D eigenvalue weighted by atomic mass is 10.1. The number of non-ortho nitro benzene ring substituents is 1. The predicted molar refractivity (Wildman–Crippen MR) is 126 cm³/mol. The zero-order valence-electron chi connectivity index (χ0n) is 17.8. The van der Waals surface area contributed by atoms with E-state index in [0.29, 0.717) is 17.0 Å². The number of nitro benzene ring substituents is 1. The summed E-state index contributed by atoms with van der Waals surface area (Å²) >= 11 is 6.19. The average Bonchev–Trinajstić information content (AvgIpc) is 2.80. The first kappa shape index (κ1) is 23.5. The van der Waals surface area contributed by atoms with Gasteiger partial charge < -0.3 is 15.4 Å².